The molecular weight excluding hydrogens is 362 g/mol. The Hall–Kier alpha value is -1.85. The van der Waals surface area contributed by atoms with Crippen molar-refractivity contribution < 1.29 is 28.8 Å². The molecule has 2 atom stereocenters. The van der Waals surface area contributed by atoms with Gasteiger partial charge >= 0.3 is 5.97 Å². The lowest BCUT2D eigenvalue weighted by atomic mass is 10.1. The summed E-state index contributed by atoms with van der Waals surface area (Å²) >= 11 is 4.01. The number of hydrogen-bond donors (Lipinski definition) is 6. The Labute approximate surface area is 158 Å². The van der Waals surface area contributed by atoms with Gasteiger partial charge in [-0.2, -0.15) is 12.6 Å². The second kappa shape index (κ2) is 11.7. The summed E-state index contributed by atoms with van der Waals surface area (Å²) in [6.45, 7) is 1.02. The smallest absolute Gasteiger partial charge is 0.320 e. The zero-order valence-electron chi connectivity index (χ0n) is 15.4. The lowest BCUT2D eigenvalue weighted by Gasteiger charge is -2.23. The van der Waals surface area contributed by atoms with E-state index in [1.165, 1.54) is 0 Å². The van der Waals surface area contributed by atoms with Crippen LogP contribution in [0.25, 0.3) is 0 Å². The fourth-order valence-electron chi connectivity index (χ4n) is 1.75. The third-order valence-electron chi connectivity index (χ3n) is 3.36. The van der Waals surface area contributed by atoms with Crippen LogP contribution in [-0.2, 0) is 19.2 Å². The van der Waals surface area contributed by atoms with Crippen LogP contribution in [0, 0.1) is 0 Å². The lowest BCUT2D eigenvalue weighted by molar-refractivity contribution is -0.869. The molecule has 0 saturated heterocycles. The number of quaternary nitrogens is 1. The van der Waals surface area contributed by atoms with Crippen LogP contribution < -0.4 is 21.7 Å². The number of nitrogens with zero attached hydrogens (tertiary/aromatic N) is 1. The molecule has 0 aliphatic heterocycles. The van der Waals surface area contributed by atoms with Crippen LogP contribution in [0.4, 0.5) is 0 Å². The van der Waals surface area contributed by atoms with Gasteiger partial charge in [-0.15, -0.1) is 0 Å². The van der Waals surface area contributed by atoms with Crippen molar-refractivity contribution in [1.29, 1.82) is 0 Å². The predicted octanol–water partition coefficient (Wildman–Crippen LogP) is -2.47. The Balaban J connectivity index is 4.21. The maximum atomic E-state index is 12.0. The summed E-state index contributed by atoms with van der Waals surface area (Å²) in [4.78, 5) is 46.1. The van der Waals surface area contributed by atoms with Crippen molar-refractivity contribution in [2.75, 3.05) is 46.5 Å². The molecule has 26 heavy (non-hydrogen) atoms. The third-order valence-corrected chi connectivity index (χ3v) is 3.73. The molecule has 0 radical (unpaired) electrons. The van der Waals surface area contributed by atoms with Crippen molar-refractivity contribution in [2.24, 2.45) is 5.73 Å². The zero-order chi connectivity index (χ0) is 20.3. The van der Waals surface area contributed by atoms with Gasteiger partial charge in [-0.05, 0) is 6.42 Å². The van der Waals surface area contributed by atoms with Gasteiger partial charge in [0.05, 0.1) is 40.8 Å². The Morgan fingerprint density at radius 2 is 1.73 bits per heavy atom. The highest BCUT2D eigenvalue weighted by Crippen LogP contribution is 1.97. The minimum Gasteiger partial charge on any atom is -0.480 e. The number of carboxylic acid groups (broad SMARTS) is 1. The predicted molar refractivity (Wildman–Crippen MR) is 99.5 cm³/mol. The van der Waals surface area contributed by atoms with Crippen molar-refractivity contribution >= 4 is 36.3 Å². The summed E-state index contributed by atoms with van der Waals surface area (Å²) in [5, 5.41) is 16.2. The fraction of sp³-hybridized carbons (Fsp3) is 0.733. The van der Waals surface area contributed by atoms with Gasteiger partial charge in [0.2, 0.25) is 17.7 Å². The van der Waals surface area contributed by atoms with E-state index in [-0.39, 0.29) is 31.0 Å². The van der Waals surface area contributed by atoms with E-state index >= 15 is 0 Å². The minimum atomic E-state index is -1.20. The number of nitrogens with one attached hydrogen (secondary N) is 3. The molecule has 3 amide bonds. The van der Waals surface area contributed by atoms with Crippen LogP contribution >= 0.6 is 12.6 Å². The van der Waals surface area contributed by atoms with E-state index in [9.17, 15) is 19.2 Å². The highest BCUT2D eigenvalue weighted by Gasteiger charge is 2.21. The second-order valence-electron chi connectivity index (χ2n) is 6.87. The number of carboxylic acids is 1. The highest BCUT2D eigenvalue weighted by atomic mass is 32.1. The molecule has 11 heteroatoms. The largest absolute Gasteiger partial charge is 0.480 e. The molecule has 0 rings (SSSR count). The van der Waals surface area contributed by atoms with E-state index < -0.39 is 29.9 Å². The molecule has 0 saturated carbocycles. The molecule has 0 aromatic carbocycles. The number of carbonyl (C=O) groups is 4. The van der Waals surface area contributed by atoms with Gasteiger partial charge in [-0.3, -0.25) is 19.2 Å². The van der Waals surface area contributed by atoms with E-state index in [0.717, 1.165) is 6.54 Å². The van der Waals surface area contributed by atoms with Gasteiger partial charge < -0.3 is 31.3 Å². The van der Waals surface area contributed by atoms with Gasteiger partial charge in [0.25, 0.3) is 0 Å². The average molecular weight is 393 g/mol. The first-order chi connectivity index (χ1) is 12.0. The van der Waals surface area contributed by atoms with Crippen LogP contribution in [-0.4, -0.2) is 91.9 Å². The summed E-state index contributed by atoms with van der Waals surface area (Å²) in [5.74, 6) is -2.55. The summed E-state index contributed by atoms with van der Waals surface area (Å²) in [5.41, 5.74) is 5.32. The Kier molecular flexibility index (Phi) is 10.9. The summed E-state index contributed by atoms with van der Waals surface area (Å²) in [6, 6.07) is -2.06. The first-order valence-electron chi connectivity index (χ1n) is 8.19. The van der Waals surface area contributed by atoms with Crippen molar-refractivity contribution in [3.63, 3.8) is 0 Å². The van der Waals surface area contributed by atoms with Crippen molar-refractivity contribution in [1.82, 2.24) is 16.0 Å². The van der Waals surface area contributed by atoms with Gasteiger partial charge in [-0.1, -0.05) is 0 Å². The number of amides is 3. The number of nitrogens with two attached hydrogens (primary N) is 1. The van der Waals surface area contributed by atoms with E-state index in [2.05, 4.69) is 28.6 Å². The highest BCUT2D eigenvalue weighted by molar-refractivity contribution is 7.80. The van der Waals surface area contributed by atoms with Crippen molar-refractivity contribution in [3.05, 3.63) is 0 Å². The number of carbonyl (C=O) groups excluding carboxylic acids is 3. The van der Waals surface area contributed by atoms with Crippen molar-refractivity contribution in [3.8, 4) is 0 Å². The van der Waals surface area contributed by atoms with Gasteiger partial charge in [0, 0.05) is 12.2 Å². The standard InChI is InChI=1S/C15H29N5O5S/c1-20(2,3)7-6-17-13(22)8-18-14(23)11(9-26)19-12(21)5-4-10(16)15(24)25/h10-11H,4-9,16H2,1-3H3,(H4-,17,18,19,21,22,23,24,25,26)/p+1/t10-,11+/m0/s1. The van der Waals surface area contributed by atoms with Crippen LogP contribution in [0.15, 0.2) is 0 Å². The fourth-order valence-corrected chi connectivity index (χ4v) is 2.01. The van der Waals surface area contributed by atoms with E-state index in [0.29, 0.717) is 11.0 Å². The second-order valence-corrected chi connectivity index (χ2v) is 7.23. The monoisotopic (exact) mass is 392 g/mol. The first-order valence-corrected chi connectivity index (χ1v) is 8.83. The molecule has 0 spiro atoms. The summed E-state index contributed by atoms with van der Waals surface area (Å²) < 4.78 is 0.700. The van der Waals surface area contributed by atoms with Gasteiger partial charge in [-0.25, -0.2) is 0 Å². The molecule has 10 nitrogen and oxygen atoms in total. The molecule has 0 fully saturated rings. The topological polar surface area (TPSA) is 151 Å². The molecule has 0 heterocycles. The Morgan fingerprint density at radius 3 is 2.23 bits per heavy atom. The lowest BCUT2D eigenvalue weighted by Crippen LogP contribution is -2.50. The molecule has 0 aromatic heterocycles. The molecule has 0 aromatic rings. The van der Waals surface area contributed by atoms with Crippen LogP contribution in [0.5, 0.6) is 0 Å². The first kappa shape index (κ1) is 24.1. The zero-order valence-corrected chi connectivity index (χ0v) is 16.3. The normalized spacial score (nSPS) is 13.4. The summed E-state index contributed by atoms with van der Waals surface area (Å²) in [6.07, 6.45) is -0.173. The van der Waals surface area contributed by atoms with Crippen molar-refractivity contribution in [2.45, 2.75) is 24.9 Å². The van der Waals surface area contributed by atoms with Crippen LogP contribution in [0.3, 0.4) is 0 Å². The van der Waals surface area contributed by atoms with E-state index in [4.69, 9.17) is 10.8 Å². The SMILES string of the molecule is C[N+](C)(C)CCNC(=O)CNC(=O)[C@@H](CS)NC(=O)CC[C@H](N)C(=O)O. The maximum Gasteiger partial charge on any atom is 0.320 e. The van der Waals surface area contributed by atoms with Gasteiger partial charge in [0.15, 0.2) is 0 Å². The molecule has 0 aliphatic carbocycles. The molecular formula is C15H30N5O5S+. The average Bonchev–Trinajstić information content (AvgIpc) is 2.53. The minimum absolute atomic E-state index is 0.0334. The molecule has 0 unspecified atom stereocenters. The maximum absolute atomic E-state index is 12.0. The number of likely N-dealkylation sites (N-methyl/N-ethyl adjacent to an activating group) is 1. The molecule has 0 aliphatic rings. The Bertz CT molecular complexity index is 509. The van der Waals surface area contributed by atoms with E-state index in [1.54, 1.807) is 0 Å². The number of hydrogen-bond acceptors (Lipinski definition) is 6. The number of thiol groups is 1. The number of aliphatic carboxylic acids is 1. The van der Waals surface area contributed by atoms with E-state index in [1.807, 2.05) is 21.1 Å². The molecule has 6 N–H and O–H groups in total. The Morgan fingerprint density at radius 1 is 1.12 bits per heavy atom. The third kappa shape index (κ3) is 11.7. The quantitative estimate of drug-likeness (QED) is 0.160. The van der Waals surface area contributed by atoms with Gasteiger partial charge in [0.1, 0.15) is 12.1 Å². The molecule has 0 bridgehead atoms. The van der Waals surface area contributed by atoms with Crippen LogP contribution in [0.2, 0.25) is 0 Å². The van der Waals surface area contributed by atoms with Crippen LogP contribution in [0.1, 0.15) is 12.8 Å². The molecule has 150 valence electrons. The number of rotatable bonds is 12. The summed E-state index contributed by atoms with van der Waals surface area (Å²) in [7, 11) is 5.99.